The molecule has 0 amide bonds. The summed E-state index contributed by atoms with van der Waals surface area (Å²) in [6, 6.07) is 13.8. The zero-order valence-corrected chi connectivity index (χ0v) is 16.2. The predicted octanol–water partition coefficient (Wildman–Crippen LogP) is 2.83. The van der Waals surface area contributed by atoms with E-state index in [0.29, 0.717) is 33.1 Å². The molecule has 0 saturated heterocycles. The van der Waals surface area contributed by atoms with Crippen LogP contribution in [0.2, 0.25) is 0 Å². The van der Waals surface area contributed by atoms with E-state index in [1.165, 1.54) is 42.7 Å². The van der Waals surface area contributed by atoms with Gasteiger partial charge in [-0.1, -0.05) is 30.0 Å². The summed E-state index contributed by atoms with van der Waals surface area (Å²) < 4.78 is 10.9. The molecule has 0 fully saturated rings. The van der Waals surface area contributed by atoms with E-state index in [4.69, 9.17) is 4.74 Å². The van der Waals surface area contributed by atoms with E-state index in [-0.39, 0.29) is 17.9 Å². The van der Waals surface area contributed by atoms with Crippen molar-refractivity contribution >= 4 is 34.6 Å². The summed E-state index contributed by atoms with van der Waals surface area (Å²) >= 11 is 1.27. The fourth-order valence-corrected chi connectivity index (χ4v) is 3.57. The molecule has 1 aromatic heterocycles. The van der Waals surface area contributed by atoms with Crippen molar-refractivity contribution in [2.45, 2.75) is 11.6 Å². The lowest BCUT2D eigenvalue weighted by Crippen LogP contribution is -2.22. The third-order valence-corrected chi connectivity index (χ3v) is 4.98. The minimum atomic E-state index is -0.504. The first-order valence-electron chi connectivity index (χ1n) is 8.45. The van der Waals surface area contributed by atoms with Crippen LogP contribution in [0.25, 0.3) is 16.6 Å². The van der Waals surface area contributed by atoms with Gasteiger partial charge in [-0.25, -0.2) is 9.78 Å². The molecule has 7 nitrogen and oxygen atoms in total. The third-order valence-electron chi connectivity index (χ3n) is 4.04. The van der Waals surface area contributed by atoms with Crippen molar-refractivity contribution < 1.29 is 19.1 Å². The Labute approximate surface area is 165 Å². The second kappa shape index (κ2) is 8.71. The van der Waals surface area contributed by atoms with Crippen molar-refractivity contribution in [1.29, 1.82) is 0 Å². The fraction of sp³-hybridized carbons (Fsp3) is 0.200. The number of benzene rings is 2. The first kappa shape index (κ1) is 19.6. The number of para-hydroxylation sites is 1. The van der Waals surface area contributed by atoms with Crippen LogP contribution in [0.1, 0.15) is 16.8 Å². The normalized spacial score (nSPS) is 10.6. The highest BCUT2D eigenvalue weighted by molar-refractivity contribution is 7.99. The molecule has 0 bridgehead atoms. The molecule has 0 atom stereocenters. The maximum Gasteiger partial charge on any atom is 0.337 e. The molecule has 0 N–H and O–H groups in total. The van der Waals surface area contributed by atoms with E-state index in [2.05, 4.69) is 9.72 Å². The van der Waals surface area contributed by atoms with Gasteiger partial charge in [0.05, 0.1) is 42.8 Å². The Morgan fingerprint density at radius 1 is 1.07 bits per heavy atom. The molecule has 0 aliphatic heterocycles. The molecular weight excluding hydrogens is 380 g/mol. The van der Waals surface area contributed by atoms with Crippen LogP contribution in [0.3, 0.4) is 0 Å². The minimum Gasteiger partial charge on any atom is -0.469 e. The SMILES string of the molecule is COC(=O)CCSc1nc2cc(C(=O)OC)ccc2c(=O)n1-c1ccccc1. The number of ether oxygens (including phenoxy) is 2. The van der Waals surface area contributed by atoms with Gasteiger partial charge in [-0.05, 0) is 30.3 Å². The molecule has 3 rings (SSSR count). The van der Waals surface area contributed by atoms with Gasteiger partial charge in [0.2, 0.25) is 0 Å². The topological polar surface area (TPSA) is 87.5 Å². The van der Waals surface area contributed by atoms with Crippen LogP contribution in [0.5, 0.6) is 0 Å². The smallest absolute Gasteiger partial charge is 0.337 e. The van der Waals surface area contributed by atoms with Gasteiger partial charge in [0.1, 0.15) is 0 Å². The summed E-state index contributed by atoms with van der Waals surface area (Å²) in [5, 5.41) is 0.809. The van der Waals surface area contributed by atoms with Crippen molar-refractivity contribution in [3.8, 4) is 5.69 Å². The molecule has 144 valence electrons. The summed E-state index contributed by atoms with van der Waals surface area (Å²) in [6.45, 7) is 0. The number of rotatable bonds is 6. The second-order valence-corrected chi connectivity index (χ2v) is 6.83. The molecule has 0 unspecified atom stereocenters. The van der Waals surface area contributed by atoms with E-state index in [1.54, 1.807) is 6.07 Å². The van der Waals surface area contributed by atoms with Crippen molar-refractivity contribution in [3.05, 3.63) is 64.4 Å². The van der Waals surface area contributed by atoms with Crippen LogP contribution in [0.15, 0.2) is 58.5 Å². The van der Waals surface area contributed by atoms with Crippen LogP contribution in [0.4, 0.5) is 0 Å². The monoisotopic (exact) mass is 398 g/mol. The Morgan fingerprint density at radius 3 is 2.50 bits per heavy atom. The average Bonchev–Trinajstić information content (AvgIpc) is 2.73. The van der Waals surface area contributed by atoms with E-state index in [9.17, 15) is 14.4 Å². The van der Waals surface area contributed by atoms with Gasteiger partial charge in [0.25, 0.3) is 5.56 Å². The number of hydrogen-bond acceptors (Lipinski definition) is 7. The van der Waals surface area contributed by atoms with Gasteiger partial charge < -0.3 is 9.47 Å². The summed E-state index contributed by atoms with van der Waals surface area (Å²) in [5.74, 6) is -0.445. The van der Waals surface area contributed by atoms with Crippen LogP contribution in [-0.2, 0) is 14.3 Å². The second-order valence-electron chi connectivity index (χ2n) is 5.77. The first-order valence-corrected chi connectivity index (χ1v) is 9.44. The molecule has 2 aromatic carbocycles. The summed E-state index contributed by atoms with van der Waals surface area (Å²) in [7, 11) is 2.62. The van der Waals surface area contributed by atoms with Gasteiger partial charge in [0.15, 0.2) is 5.16 Å². The van der Waals surface area contributed by atoms with Crippen LogP contribution in [0, 0.1) is 0 Å². The summed E-state index contributed by atoms with van der Waals surface area (Å²) in [6.07, 6.45) is 0.187. The molecule has 28 heavy (non-hydrogen) atoms. The zero-order valence-electron chi connectivity index (χ0n) is 15.4. The highest BCUT2D eigenvalue weighted by atomic mass is 32.2. The largest absolute Gasteiger partial charge is 0.469 e. The van der Waals surface area contributed by atoms with E-state index < -0.39 is 5.97 Å². The van der Waals surface area contributed by atoms with Gasteiger partial charge in [-0.2, -0.15) is 0 Å². The van der Waals surface area contributed by atoms with Crippen molar-refractivity contribution in [3.63, 3.8) is 0 Å². The Morgan fingerprint density at radius 2 is 1.82 bits per heavy atom. The molecule has 1 heterocycles. The number of nitrogens with zero attached hydrogens (tertiary/aromatic N) is 2. The fourth-order valence-electron chi connectivity index (χ4n) is 2.64. The molecule has 3 aromatic rings. The van der Waals surface area contributed by atoms with Crippen LogP contribution >= 0.6 is 11.8 Å². The Bertz CT molecular complexity index is 1080. The van der Waals surface area contributed by atoms with E-state index in [1.807, 2.05) is 30.3 Å². The van der Waals surface area contributed by atoms with Gasteiger partial charge in [-0.15, -0.1) is 0 Å². The van der Waals surface area contributed by atoms with Crippen LogP contribution < -0.4 is 5.56 Å². The molecular formula is C20H18N2O5S. The number of hydrogen-bond donors (Lipinski definition) is 0. The van der Waals surface area contributed by atoms with Gasteiger partial charge >= 0.3 is 11.9 Å². The van der Waals surface area contributed by atoms with E-state index >= 15 is 0 Å². The zero-order chi connectivity index (χ0) is 20.1. The molecule has 0 aliphatic rings. The summed E-state index contributed by atoms with van der Waals surface area (Å²) in [4.78, 5) is 41.0. The molecule has 0 radical (unpaired) electrons. The van der Waals surface area contributed by atoms with Crippen molar-refractivity contribution in [2.75, 3.05) is 20.0 Å². The quantitative estimate of drug-likeness (QED) is 0.358. The number of methoxy groups -OCH3 is 2. The lowest BCUT2D eigenvalue weighted by molar-refractivity contribution is -0.140. The minimum absolute atomic E-state index is 0.187. The average molecular weight is 398 g/mol. The van der Waals surface area contributed by atoms with Gasteiger partial charge in [-0.3, -0.25) is 14.2 Å². The molecule has 0 spiro atoms. The van der Waals surface area contributed by atoms with Crippen LogP contribution in [-0.4, -0.2) is 41.5 Å². The number of carbonyl (C=O) groups excluding carboxylic acids is 2. The van der Waals surface area contributed by atoms with Gasteiger partial charge in [0, 0.05) is 5.75 Å². The highest BCUT2D eigenvalue weighted by Gasteiger charge is 2.16. The Kier molecular flexibility index (Phi) is 6.10. The van der Waals surface area contributed by atoms with Crippen molar-refractivity contribution in [1.82, 2.24) is 9.55 Å². The number of aromatic nitrogens is 2. The Hall–Kier alpha value is -3.13. The number of esters is 2. The number of carbonyl (C=O) groups is 2. The molecule has 8 heteroatoms. The summed E-state index contributed by atoms with van der Waals surface area (Å²) in [5.41, 5.74) is 1.11. The van der Waals surface area contributed by atoms with Crippen molar-refractivity contribution in [2.24, 2.45) is 0 Å². The Balaban J connectivity index is 2.13. The third kappa shape index (κ3) is 4.07. The maximum atomic E-state index is 13.2. The molecule has 0 saturated carbocycles. The lowest BCUT2D eigenvalue weighted by atomic mass is 10.1. The standard InChI is InChI=1S/C20H18N2O5S/c1-26-17(23)10-11-28-20-21-16-12-13(19(25)27-2)8-9-15(16)18(24)22(20)14-6-4-3-5-7-14/h3-9,12H,10-11H2,1-2H3. The first-order chi connectivity index (χ1) is 13.5. The lowest BCUT2D eigenvalue weighted by Gasteiger charge is -2.13. The predicted molar refractivity (Wildman–Crippen MR) is 106 cm³/mol. The highest BCUT2D eigenvalue weighted by Crippen LogP contribution is 2.22. The number of fused-ring (bicyclic) bond motifs is 1. The van der Waals surface area contributed by atoms with E-state index in [0.717, 1.165) is 0 Å². The maximum absolute atomic E-state index is 13.2. The number of thioether (sulfide) groups is 1. The molecule has 0 aliphatic carbocycles.